The van der Waals surface area contributed by atoms with E-state index < -0.39 is 0 Å². The monoisotopic (exact) mass is 319 g/mol. The number of aryl methyl sites for hydroxylation is 1. The van der Waals surface area contributed by atoms with Crippen LogP contribution in [0.1, 0.15) is 77.5 Å². The molecular formula is C21H37NO. The van der Waals surface area contributed by atoms with Crippen molar-refractivity contribution in [2.24, 2.45) is 0 Å². The number of aromatic hydroxyl groups is 1. The Labute approximate surface area is 143 Å². The molecule has 0 unspecified atom stereocenters. The normalized spacial score (nSPS) is 12.9. The molecule has 1 rings (SSSR count). The van der Waals surface area contributed by atoms with E-state index in [1.165, 1.54) is 24.8 Å². The summed E-state index contributed by atoms with van der Waals surface area (Å²) in [4.78, 5) is 2.25. The summed E-state index contributed by atoms with van der Waals surface area (Å²) in [6.07, 6.45) is 4.82. The van der Waals surface area contributed by atoms with Crippen LogP contribution < -0.4 is 0 Å². The molecule has 132 valence electrons. The highest BCUT2D eigenvalue weighted by molar-refractivity contribution is 5.49. The Hall–Kier alpha value is -1.02. The van der Waals surface area contributed by atoms with Crippen LogP contribution in [0.4, 0.5) is 0 Å². The number of hydrogen-bond acceptors (Lipinski definition) is 2. The molecule has 0 aliphatic rings. The van der Waals surface area contributed by atoms with Crippen LogP contribution in [0, 0.1) is 0 Å². The SMILES string of the molecule is CN(C)CCCCCc1cc(C(C)(C)C)c(O)c(C(C)(C)C)c1. The fourth-order valence-corrected chi connectivity index (χ4v) is 2.92. The second-order valence-corrected chi connectivity index (χ2v) is 9.15. The Kier molecular flexibility index (Phi) is 6.70. The zero-order valence-electron chi connectivity index (χ0n) is 16.6. The van der Waals surface area contributed by atoms with E-state index in [-0.39, 0.29) is 10.8 Å². The lowest BCUT2D eigenvalue weighted by atomic mass is 9.78. The number of phenolic OH excluding ortho intramolecular Hbond substituents is 1. The van der Waals surface area contributed by atoms with Crippen molar-refractivity contribution < 1.29 is 5.11 Å². The lowest BCUT2D eigenvalue weighted by Gasteiger charge is -2.28. The van der Waals surface area contributed by atoms with Gasteiger partial charge in [0.2, 0.25) is 0 Å². The Morgan fingerprint density at radius 2 is 1.30 bits per heavy atom. The van der Waals surface area contributed by atoms with Gasteiger partial charge in [0.25, 0.3) is 0 Å². The van der Waals surface area contributed by atoms with Crippen LogP contribution in [-0.2, 0) is 17.3 Å². The first-order chi connectivity index (χ1) is 10.4. The number of nitrogens with zero attached hydrogens (tertiary/aromatic N) is 1. The summed E-state index contributed by atoms with van der Waals surface area (Å²) in [5.41, 5.74) is 3.44. The average Bonchev–Trinajstić information content (AvgIpc) is 2.36. The van der Waals surface area contributed by atoms with Crippen molar-refractivity contribution in [3.8, 4) is 5.75 Å². The van der Waals surface area contributed by atoms with Gasteiger partial charge in [0.15, 0.2) is 0 Å². The first-order valence-corrected chi connectivity index (χ1v) is 8.94. The molecule has 2 nitrogen and oxygen atoms in total. The number of hydrogen-bond donors (Lipinski definition) is 1. The zero-order chi connectivity index (χ0) is 17.8. The van der Waals surface area contributed by atoms with Gasteiger partial charge in [-0.15, -0.1) is 0 Å². The predicted molar refractivity (Wildman–Crippen MR) is 102 cm³/mol. The quantitative estimate of drug-likeness (QED) is 0.723. The second-order valence-electron chi connectivity index (χ2n) is 9.15. The van der Waals surface area contributed by atoms with E-state index in [1.807, 2.05) is 0 Å². The first-order valence-electron chi connectivity index (χ1n) is 8.94. The van der Waals surface area contributed by atoms with Gasteiger partial charge < -0.3 is 10.0 Å². The number of rotatable bonds is 6. The summed E-state index contributed by atoms with van der Waals surface area (Å²) in [6, 6.07) is 4.44. The molecule has 0 aliphatic heterocycles. The minimum atomic E-state index is -0.0367. The molecule has 0 atom stereocenters. The minimum absolute atomic E-state index is 0.0367. The van der Waals surface area contributed by atoms with Gasteiger partial charge in [-0.3, -0.25) is 0 Å². The topological polar surface area (TPSA) is 23.5 Å². The molecule has 0 aliphatic carbocycles. The van der Waals surface area contributed by atoms with Crippen LogP contribution in [-0.4, -0.2) is 30.6 Å². The molecule has 0 bridgehead atoms. The number of unbranched alkanes of at least 4 members (excludes halogenated alkanes) is 2. The molecule has 0 fully saturated rings. The minimum Gasteiger partial charge on any atom is -0.507 e. The van der Waals surface area contributed by atoms with Crippen LogP contribution >= 0.6 is 0 Å². The predicted octanol–water partition coefficient (Wildman–Crippen LogP) is 5.26. The summed E-state index contributed by atoms with van der Waals surface area (Å²) in [7, 11) is 4.26. The fourth-order valence-electron chi connectivity index (χ4n) is 2.92. The van der Waals surface area contributed by atoms with Crippen molar-refractivity contribution in [3.63, 3.8) is 0 Å². The Morgan fingerprint density at radius 1 is 0.826 bits per heavy atom. The van der Waals surface area contributed by atoms with Gasteiger partial charge in [0.05, 0.1) is 0 Å². The highest BCUT2D eigenvalue weighted by Crippen LogP contribution is 2.40. The molecule has 0 heterocycles. The standard InChI is InChI=1S/C21H37NO/c1-20(2,3)17-14-16(12-10-9-11-13-22(7)8)15-18(19(17)23)21(4,5)6/h14-15,23H,9-13H2,1-8H3. The van der Waals surface area contributed by atoms with Crippen LogP contribution in [0.25, 0.3) is 0 Å². The smallest absolute Gasteiger partial charge is 0.123 e. The third-order valence-electron chi connectivity index (χ3n) is 4.36. The van der Waals surface area contributed by atoms with Gasteiger partial charge >= 0.3 is 0 Å². The highest BCUT2D eigenvalue weighted by atomic mass is 16.3. The molecule has 1 N–H and O–H groups in total. The maximum absolute atomic E-state index is 10.7. The van der Waals surface area contributed by atoms with Gasteiger partial charge in [-0.1, -0.05) is 60.1 Å². The third-order valence-corrected chi connectivity index (χ3v) is 4.36. The maximum atomic E-state index is 10.7. The molecule has 0 saturated heterocycles. The molecule has 0 aromatic heterocycles. The molecule has 2 heteroatoms. The first kappa shape index (κ1) is 20.0. The summed E-state index contributed by atoms with van der Waals surface area (Å²) in [5.74, 6) is 0.487. The van der Waals surface area contributed by atoms with E-state index in [4.69, 9.17) is 0 Å². The summed E-state index contributed by atoms with van der Waals surface area (Å²) >= 11 is 0. The second kappa shape index (κ2) is 7.70. The van der Waals surface area contributed by atoms with E-state index in [2.05, 4.69) is 72.7 Å². The molecule has 1 aromatic rings. The number of phenols is 1. The van der Waals surface area contributed by atoms with E-state index >= 15 is 0 Å². The van der Waals surface area contributed by atoms with Gasteiger partial charge in [0.1, 0.15) is 5.75 Å². The van der Waals surface area contributed by atoms with Crippen molar-refractivity contribution in [1.82, 2.24) is 4.90 Å². The molecule has 0 spiro atoms. The lowest BCUT2D eigenvalue weighted by Crippen LogP contribution is -2.18. The summed E-state index contributed by atoms with van der Waals surface area (Å²) in [5, 5.41) is 10.7. The van der Waals surface area contributed by atoms with Crippen molar-refractivity contribution >= 4 is 0 Å². The van der Waals surface area contributed by atoms with Crippen molar-refractivity contribution in [1.29, 1.82) is 0 Å². The lowest BCUT2D eigenvalue weighted by molar-refractivity contribution is 0.391. The number of benzene rings is 1. The van der Waals surface area contributed by atoms with Crippen molar-refractivity contribution in [3.05, 3.63) is 28.8 Å². The van der Waals surface area contributed by atoms with Crippen LogP contribution in [0.2, 0.25) is 0 Å². The largest absolute Gasteiger partial charge is 0.507 e. The summed E-state index contributed by atoms with van der Waals surface area (Å²) in [6.45, 7) is 14.2. The van der Waals surface area contributed by atoms with Gasteiger partial charge in [0, 0.05) is 0 Å². The maximum Gasteiger partial charge on any atom is 0.123 e. The van der Waals surface area contributed by atoms with Crippen LogP contribution in [0.3, 0.4) is 0 Å². The van der Waals surface area contributed by atoms with E-state index in [0.29, 0.717) is 5.75 Å². The van der Waals surface area contributed by atoms with E-state index in [9.17, 15) is 5.11 Å². The zero-order valence-corrected chi connectivity index (χ0v) is 16.6. The Bertz CT molecular complexity index is 469. The van der Waals surface area contributed by atoms with Crippen molar-refractivity contribution in [2.45, 2.75) is 78.1 Å². The van der Waals surface area contributed by atoms with Gasteiger partial charge in [-0.2, -0.15) is 0 Å². The van der Waals surface area contributed by atoms with Crippen LogP contribution in [0.15, 0.2) is 12.1 Å². The highest BCUT2D eigenvalue weighted by Gasteiger charge is 2.26. The molecule has 1 aromatic carbocycles. The van der Waals surface area contributed by atoms with E-state index in [0.717, 1.165) is 24.1 Å². The third kappa shape index (κ3) is 6.18. The van der Waals surface area contributed by atoms with Gasteiger partial charge in [-0.25, -0.2) is 0 Å². The Balaban J connectivity index is 2.96. The summed E-state index contributed by atoms with van der Waals surface area (Å²) < 4.78 is 0. The van der Waals surface area contributed by atoms with Gasteiger partial charge in [-0.05, 0) is 67.4 Å². The van der Waals surface area contributed by atoms with Crippen molar-refractivity contribution in [2.75, 3.05) is 20.6 Å². The Morgan fingerprint density at radius 3 is 1.70 bits per heavy atom. The molecule has 0 radical (unpaired) electrons. The average molecular weight is 320 g/mol. The van der Waals surface area contributed by atoms with E-state index in [1.54, 1.807) is 0 Å². The molecule has 0 amide bonds. The molecule has 23 heavy (non-hydrogen) atoms. The molecular weight excluding hydrogens is 282 g/mol. The fraction of sp³-hybridized carbons (Fsp3) is 0.714. The molecule has 0 saturated carbocycles. The van der Waals surface area contributed by atoms with Crippen LogP contribution in [0.5, 0.6) is 5.75 Å².